The van der Waals surface area contributed by atoms with E-state index in [1.54, 1.807) is 6.08 Å². The number of unbranched alkanes of at least 4 members (excludes halogenated alkanes) is 3. The fraction of sp³-hybridized carbons (Fsp3) is 0.762. The van der Waals surface area contributed by atoms with Crippen LogP contribution in [0, 0.1) is 11.8 Å². The Balaban J connectivity index is 2.44. The minimum absolute atomic E-state index is 0.0408. The lowest BCUT2D eigenvalue weighted by Crippen LogP contribution is -2.20. The number of rotatable bonds is 12. The maximum Gasteiger partial charge on any atom is 0.305 e. The second-order valence-corrected chi connectivity index (χ2v) is 7.24. The van der Waals surface area contributed by atoms with Crippen LogP contribution in [-0.4, -0.2) is 46.7 Å². The van der Waals surface area contributed by atoms with Crippen LogP contribution in [0.1, 0.15) is 64.7 Å². The number of carbonyl (C=O) groups excluding carboxylic acids is 1. The molecule has 26 heavy (non-hydrogen) atoms. The number of aliphatic hydroxyl groups is 3. The molecule has 1 rings (SSSR count). The normalized spacial score (nSPS) is 27.4. The zero-order chi connectivity index (χ0) is 19.4. The third kappa shape index (κ3) is 8.47. The molecule has 1 aliphatic carbocycles. The summed E-state index contributed by atoms with van der Waals surface area (Å²) in [7, 11) is 1.39. The van der Waals surface area contributed by atoms with Gasteiger partial charge in [0.25, 0.3) is 0 Å². The molecule has 0 aliphatic heterocycles. The first kappa shape index (κ1) is 22.9. The average molecular weight is 369 g/mol. The summed E-state index contributed by atoms with van der Waals surface area (Å²) in [6.07, 6.45) is 13.1. The second kappa shape index (κ2) is 13.1. The molecule has 0 heterocycles. The van der Waals surface area contributed by atoms with Crippen molar-refractivity contribution in [3.8, 4) is 0 Å². The van der Waals surface area contributed by atoms with E-state index in [4.69, 9.17) is 0 Å². The number of aliphatic hydroxyl groups excluding tert-OH is 3. The molecule has 1 saturated carbocycles. The van der Waals surface area contributed by atoms with E-state index < -0.39 is 18.3 Å². The maximum atomic E-state index is 11.1. The summed E-state index contributed by atoms with van der Waals surface area (Å²) < 4.78 is 4.60. The van der Waals surface area contributed by atoms with Crippen LogP contribution in [0.25, 0.3) is 0 Å². The van der Waals surface area contributed by atoms with Gasteiger partial charge in [-0.3, -0.25) is 4.79 Å². The molecule has 1 aliphatic rings. The monoisotopic (exact) mass is 368 g/mol. The van der Waals surface area contributed by atoms with Crippen LogP contribution >= 0.6 is 0 Å². The topological polar surface area (TPSA) is 87.0 Å². The van der Waals surface area contributed by atoms with E-state index in [2.05, 4.69) is 11.7 Å². The predicted octanol–water partition coefficient (Wildman–Crippen LogP) is 3.13. The van der Waals surface area contributed by atoms with Gasteiger partial charge in [0.05, 0.1) is 25.4 Å². The number of hydrogen-bond donors (Lipinski definition) is 3. The van der Waals surface area contributed by atoms with Crippen LogP contribution in [0.3, 0.4) is 0 Å². The minimum Gasteiger partial charge on any atom is -0.469 e. The van der Waals surface area contributed by atoms with Crippen molar-refractivity contribution in [2.75, 3.05) is 7.11 Å². The zero-order valence-corrected chi connectivity index (χ0v) is 16.2. The molecule has 0 saturated heterocycles. The standard InChI is InChI=1S/C21H36O5/c1-3-4-7-10-16(22)13-14-18-17(19(23)15-20(18)24)11-8-5-6-9-12-21(25)26-2/h5,8,13-14,16-20,22-24H,3-4,6-7,9-12,15H2,1-2H3/b8-5-,14-13+/t16-,17+,18+,19-,20-/m0/s1. The summed E-state index contributed by atoms with van der Waals surface area (Å²) in [5.41, 5.74) is 0. The van der Waals surface area contributed by atoms with Crippen LogP contribution in [-0.2, 0) is 9.53 Å². The van der Waals surface area contributed by atoms with Crippen molar-refractivity contribution >= 4 is 5.97 Å². The minimum atomic E-state index is -0.568. The Hall–Kier alpha value is -1.17. The summed E-state index contributed by atoms with van der Waals surface area (Å²) in [4.78, 5) is 11.1. The quantitative estimate of drug-likeness (QED) is 0.280. The summed E-state index contributed by atoms with van der Waals surface area (Å²) in [5.74, 6) is -0.373. The van der Waals surface area contributed by atoms with Crippen LogP contribution in [0.5, 0.6) is 0 Å². The van der Waals surface area contributed by atoms with Gasteiger partial charge in [-0.15, -0.1) is 0 Å². The van der Waals surface area contributed by atoms with Crippen LogP contribution in [0.15, 0.2) is 24.3 Å². The lowest BCUT2D eigenvalue weighted by molar-refractivity contribution is -0.140. The molecule has 5 atom stereocenters. The van der Waals surface area contributed by atoms with Crippen LogP contribution in [0.2, 0.25) is 0 Å². The first-order chi connectivity index (χ1) is 12.5. The molecular formula is C21H36O5. The number of esters is 1. The molecular weight excluding hydrogens is 332 g/mol. The third-order valence-electron chi connectivity index (χ3n) is 5.13. The second-order valence-electron chi connectivity index (χ2n) is 7.24. The molecule has 3 N–H and O–H groups in total. The molecule has 1 fully saturated rings. The van der Waals surface area contributed by atoms with Gasteiger partial charge in [-0.25, -0.2) is 0 Å². The summed E-state index contributed by atoms with van der Waals surface area (Å²) in [6, 6.07) is 0. The van der Waals surface area contributed by atoms with Crippen molar-refractivity contribution in [3.63, 3.8) is 0 Å². The molecule has 0 radical (unpaired) electrons. The van der Waals surface area contributed by atoms with E-state index in [-0.39, 0.29) is 17.8 Å². The average Bonchev–Trinajstić information content (AvgIpc) is 2.89. The smallest absolute Gasteiger partial charge is 0.305 e. The highest BCUT2D eigenvalue weighted by Gasteiger charge is 2.39. The van der Waals surface area contributed by atoms with Gasteiger partial charge in [0.2, 0.25) is 0 Å². The molecule has 0 bridgehead atoms. The fourth-order valence-corrected chi connectivity index (χ4v) is 3.50. The molecule has 0 aromatic carbocycles. The highest BCUT2D eigenvalue weighted by atomic mass is 16.5. The zero-order valence-electron chi connectivity index (χ0n) is 16.2. The number of allylic oxidation sites excluding steroid dienone is 2. The Morgan fingerprint density at radius 3 is 2.65 bits per heavy atom. The van der Waals surface area contributed by atoms with Crippen molar-refractivity contribution < 1.29 is 24.9 Å². The summed E-state index contributed by atoms with van der Waals surface area (Å²) >= 11 is 0. The lowest BCUT2D eigenvalue weighted by atomic mass is 9.89. The molecule has 0 aromatic rings. The van der Waals surface area contributed by atoms with Crippen molar-refractivity contribution in [2.24, 2.45) is 11.8 Å². The molecule has 0 amide bonds. The lowest BCUT2D eigenvalue weighted by Gasteiger charge is -2.19. The molecule has 0 aromatic heterocycles. The van der Waals surface area contributed by atoms with Crippen molar-refractivity contribution in [2.45, 2.75) is 83.0 Å². The van der Waals surface area contributed by atoms with E-state index in [1.165, 1.54) is 7.11 Å². The van der Waals surface area contributed by atoms with E-state index in [0.717, 1.165) is 38.5 Å². The molecule has 0 spiro atoms. The molecule has 0 unspecified atom stereocenters. The van der Waals surface area contributed by atoms with Crippen molar-refractivity contribution in [3.05, 3.63) is 24.3 Å². The van der Waals surface area contributed by atoms with Gasteiger partial charge in [-0.2, -0.15) is 0 Å². The molecule has 150 valence electrons. The number of methoxy groups -OCH3 is 1. The van der Waals surface area contributed by atoms with Gasteiger partial charge in [0.15, 0.2) is 0 Å². The third-order valence-corrected chi connectivity index (χ3v) is 5.13. The first-order valence-corrected chi connectivity index (χ1v) is 9.93. The van der Waals surface area contributed by atoms with Gasteiger partial charge in [-0.05, 0) is 31.6 Å². The Morgan fingerprint density at radius 1 is 1.19 bits per heavy atom. The van der Waals surface area contributed by atoms with Gasteiger partial charge >= 0.3 is 5.97 Å². The number of carbonyl (C=O) groups is 1. The van der Waals surface area contributed by atoms with E-state index >= 15 is 0 Å². The highest BCUT2D eigenvalue weighted by Crippen LogP contribution is 2.36. The van der Waals surface area contributed by atoms with Crippen molar-refractivity contribution in [1.82, 2.24) is 0 Å². The molecule has 5 nitrogen and oxygen atoms in total. The van der Waals surface area contributed by atoms with Gasteiger partial charge in [0.1, 0.15) is 0 Å². The highest BCUT2D eigenvalue weighted by molar-refractivity contribution is 5.69. The van der Waals surface area contributed by atoms with Gasteiger partial charge in [0, 0.05) is 18.8 Å². The number of hydrogen-bond acceptors (Lipinski definition) is 5. The summed E-state index contributed by atoms with van der Waals surface area (Å²) in [5, 5.41) is 30.5. The van der Waals surface area contributed by atoms with E-state index in [1.807, 2.05) is 18.2 Å². The van der Waals surface area contributed by atoms with Gasteiger partial charge in [-0.1, -0.05) is 50.5 Å². The Labute approximate surface area is 157 Å². The predicted molar refractivity (Wildman–Crippen MR) is 103 cm³/mol. The first-order valence-electron chi connectivity index (χ1n) is 9.93. The van der Waals surface area contributed by atoms with E-state index in [9.17, 15) is 20.1 Å². The Morgan fingerprint density at radius 2 is 1.96 bits per heavy atom. The van der Waals surface area contributed by atoms with Crippen LogP contribution < -0.4 is 0 Å². The summed E-state index contributed by atoms with van der Waals surface area (Å²) in [6.45, 7) is 2.13. The molecule has 5 heteroatoms. The maximum absolute atomic E-state index is 11.1. The Kier molecular flexibility index (Phi) is 11.5. The van der Waals surface area contributed by atoms with E-state index in [0.29, 0.717) is 19.3 Å². The van der Waals surface area contributed by atoms with Gasteiger partial charge < -0.3 is 20.1 Å². The largest absolute Gasteiger partial charge is 0.469 e. The van der Waals surface area contributed by atoms with Crippen LogP contribution in [0.4, 0.5) is 0 Å². The Bertz CT molecular complexity index is 446. The fourth-order valence-electron chi connectivity index (χ4n) is 3.50. The number of ether oxygens (including phenoxy) is 1. The van der Waals surface area contributed by atoms with Crippen molar-refractivity contribution in [1.29, 1.82) is 0 Å². The SMILES string of the molecule is CCCCC[C@H](O)/C=C/[C@@H]1[C@@H](C/C=C\CCCC(=O)OC)[C@@H](O)C[C@@H]1O.